The Labute approximate surface area is 356 Å². The summed E-state index contributed by atoms with van der Waals surface area (Å²) in [4.78, 5) is 84.7. The van der Waals surface area contributed by atoms with Gasteiger partial charge in [0.1, 0.15) is 23.5 Å². The van der Waals surface area contributed by atoms with Gasteiger partial charge in [-0.05, 0) is 125 Å². The molecule has 1 fully saturated rings. The van der Waals surface area contributed by atoms with Gasteiger partial charge in [-0.15, -0.1) is 0 Å². The van der Waals surface area contributed by atoms with Crippen molar-refractivity contribution in [2.75, 3.05) is 40.3 Å². The number of esters is 1. The number of phenolic OH excluding ortho intramolecular Hbond substituents is 1. The van der Waals surface area contributed by atoms with Crippen molar-refractivity contribution >= 4 is 41.0 Å². The van der Waals surface area contributed by atoms with Crippen LogP contribution in [-0.2, 0) is 48.2 Å². The first kappa shape index (κ1) is 44.5. The number of aromatic hydroxyl groups is 1. The van der Waals surface area contributed by atoms with Crippen LogP contribution in [0.2, 0.25) is 0 Å². The highest BCUT2D eigenvalue weighted by atomic mass is 16.5. The topological polar surface area (TPSA) is 202 Å². The summed E-state index contributed by atoms with van der Waals surface area (Å²) in [6.45, 7) is 3.26. The van der Waals surface area contributed by atoms with Crippen molar-refractivity contribution in [3.05, 3.63) is 93.7 Å². The van der Waals surface area contributed by atoms with E-state index in [0.29, 0.717) is 68.6 Å². The van der Waals surface area contributed by atoms with Gasteiger partial charge in [-0.3, -0.25) is 34.5 Å². The lowest BCUT2D eigenvalue weighted by molar-refractivity contribution is -0.466. The van der Waals surface area contributed by atoms with Gasteiger partial charge >= 0.3 is 5.97 Å². The van der Waals surface area contributed by atoms with E-state index < -0.39 is 17.4 Å². The number of pyridine rings is 1. The molecular weight excluding hydrogens is 779 g/mol. The summed E-state index contributed by atoms with van der Waals surface area (Å²) in [5.74, 6) is -1.86. The second-order valence-electron chi connectivity index (χ2n) is 16.7. The standard InChI is InChI=1S/C46H55N7O8/c1-30-22-34(37-25-32-23-33(24-32)42(37)56)27-49-39(30)26-38(47)43(57)61-29-31-11-13-36(14-12-31)53(60)28-35(10-5-8-20-51(2)3)50-45(59)46(17-9-18-46)44(58)48-19-6-4-7-21-52-40(54)15-16-41(52)55/h11-16,22-23,25,27,35,47H,4-10,17-21,24,26,28-29H2,1-3H3,(H2-,48,50,56,58,59)/p+1/t35-/m0/s1. The van der Waals surface area contributed by atoms with Crippen LogP contribution in [0.4, 0.5) is 5.69 Å². The summed E-state index contributed by atoms with van der Waals surface area (Å²) in [5.41, 5.74) is 4.43. The largest absolute Gasteiger partial charge is 0.507 e. The van der Waals surface area contributed by atoms with Crippen LogP contribution in [0.15, 0.2) is 60.8 Å². The Bertz CT molecular complexity index is 2200. The third-order valence-electron chi connectivity index (χ3n) is 11.8. The van der Waals surface area contributed by atoms with E-state index >= 15 is 0 Å². The number of fused-ring (bicyclic) bond motifs is 2. The van der Waals surface area contributed by atoms with E-state index in [1.165, 1.54) is 17.1 Å². The molecule has 0 saturated heterocycles. The van der Waals surface area contributed by atoms with E-state index in [9.17, 15) is 34.0 Å². The summed E-state index contributed by atoms with van der Waals surface area (Å²) < 4.78 is 6.24. The van der Waals surface area contributed by atoms with E-state index in [0.717, 1.165) is 64.8 Å². The summed E-state index contributed by atoms with van der Waals surface area (Å²) in [6, 6.07) is 11.9. The average molecular weight is 835 g/mol. The first-order chi connectivity index (χ1) is 29.2. The quantitative estimate of drug-likeness (QED) is 0.0197. The van der Waals surface area contributed by atoms with Crippen LogP contribution in [0, 0.1) is 22.7 Å². The molecule has 0 unspecified atom stereocenters. The Balaban J connectivity index is 0.971. The third kappa shape index (κ3) is 11.0. The molecule has 61 heavy (non-hydrogen) atoms. The van der Waals surface area contributed by atoms with Gasteiger partial charge in [0, 0.05) is 82.9 Å². The molecule has 3 aromatic rings. The number of phenols is 1. The molecule has 2 bridgehead atoms. The molecule has 2 heterocycles. The number of carbonyl (C=O) groups excluding carboxylic acids is 5. The second-order valence-corrected chi connectivity index (χ2v) is 16.7. The van der Waals surface area contributed by atoms with Gasteiger partial charge in [0.15, 0.2) is 0 Å². The smallest absolute Gasteiger partial charge is 0.352 e. The predicted octanol–water partition coefficient (Wildman–Crippen LogP) is 4.98. The van der Waals surface area contributed by atoms with Crippen molar-refractivity contribution in [3.8, 4) is 16.9 Å². The molecule has 15 nitrogen and oxygen atoms in total. The zero-order valence-electron chi connectivity index (χ0n) is 35.3. The lowest BCUT2D eigenvalue weighted by atomic mass is 9.67. The van der Waals surface area contributed by atoms with Crippen LogP contribution in [0.25, 0.3) is 11.1 Å². The SMILES string of the molecule is Cc1cc(-c2cc3cc(c2O)C3)cnc1CC(=N)C(=O)OCc1ccc([N+](=O)C[C@H](CCCCN(C)C)NC(=O)C2(C(=O)NCCCCCN3C(=O)C=CC3=O)CCC2)cc1. The molecule has 1 aliphatic heterocycles. The fraction of sp³-hybridized carbons (Fsp3) is 0.457. The summed E-state index contributed by atoms with van der Waals surface area (Å²) in [6.07, 6.45) is 10.6. The van der Waals surface area contributed by atoms with Gasteiger partial charge in [-0.25, -0.2) is 4.79 Å². The fourth-order valence-corrected chi connectivity index (χ4v) is 7.81. The monoisotopic (exact) mass is 834 g/mol. The Kier molecular flexibility index (Phi) is 14.6. The summed E-state index contributed by atoms with van der Waals surface area (Å²) in [7, 11) is 3.97. The maximum absolute atomic E-state index is 13.8. The van der Waals surface area contributed by atoms with Crippen LogP contribution in [0.1, 0.15) is 85.7 Å². The van der Waals surface area contributed by atoms with Gasteiger partial charge in [0.25, 0.3) is 17.5 Å². The van der Waals surface area contributed by atoms with Gasteiger partial charge in [-0.1, -0.05) is 12.5 Å². The Hall–Kier alpha value is -6.09. The van der Waals surface area contributed by atoms with Crippen LogP contribution in [0.5, 0.6) is 5.75 Å². The number of benzene rings is 2. The van der Waals surface area contributed by atoms with Gasteiger partial charge < -0.3 is 25.4 Å². The van der Waals surface area contributed by atoms with Crippen LogP contribution in [-0.4, -0.2) is 106 Å². The third-order valence-corrected chi connectivity index (χ3v) is 11.8. The number of nitroso groups, excluding NO2 is 1. The second kappa shape index (κ2) is 20.0. The number of carbonyl (C=O) groups is 5. The molecule has 1 aromatic heterocycles. The highest BCUT2D eigenvalue weighted by Crippen LogP contribution is 2.42. The maximum Gasteiger partial charge on any atom is 0.352 e. The number of unbranched alkanes of at least 4 members (excludes halogenated alkanes) is 3. The van der Waals surface area contributed by atoms with Gasteiger partial charge in [0.2, 0.25) is 18.4 Å². The minimum absolute atomic E-state index is 0.0158. The van der Waals surface area contributed by atoms with Crippen molar-refractivity contribution in [1.29, 1.82) is 5.41 Å². The minimum atomic E-state index is -1.20. The predicted molar refractivity (Wildman–Crippen MR) is 228 cm³/mol. The highest BCUT2D eigenvalue weighted by molar-refractivity contribution is 6.35. The first-order valence-corrected chi connectivity index (χ1v) is 21.1. The van der Waals surface area contributed by atoms with Gasteiger partial charge in [0.05, 0.1) is 6.04 Å². The number of imide groups is 1. The number of rotatable bonds is 23. The van der Waals surface area contributed by atoms with Crippen molar-refractivity contribution in [1.82, 2.24) is 25.4 Å². The van der Waals surface area contributed by atoms with Crippen LogP contribution >= 0.6 is 0 Å². The normalized spacial score (nSPS) is 15.2. The molecule has 7 rings (SSSR count). The van der Waals surface area contributed by atoms with Crippen LogP contribution < -0.4 is 10.6 Å². The number of aromatic nitrogens is 1. The van der Waals surface area contributed by atoms with Crippen LogP contribution in [0.3, 0.4) is 0 Å². The molecular formula is C46H56N7O8+. The molecule has 4 N–H and O–H groups in total. The number of hydrogen-bond acceptors (Lipinski definition) is 11. The maximum atomic E-state index is 13.8. The molecule has 0 radical (unpaired) electrons. The average Bonchev–Trinajstić information content (AvgIpc) is 3.52. The lowest BCUT2D eigenvalue weighted by Crippen LogP contribution is -2.57. The molecule has 2 aromatic carbocycles. The lowest BCUT2D eigenvalue weighted by Gasteiger charge is -2.39. The van der Waals surface area contributed by atoms with E-state index in [1.807, 2.05) is 39.2 Å². The Morgan fingerprint density at radius 1 is 1.00 bits per heavy atom. The first-order valence-electron chi connectivity index (χ1n) is 21.1. The van der Waals surface area contributed by atoms with Crippen molar-refractivity contribution in [2.45, 2.75) is 90.2 Å². The molecule has 4 amide bonds. The Morgan fingerprint density at radius 3 is 2.36 bits per heavy atom. The van der Waals surface area contributed by atoms with E-state index in [1.54, 1.807) is 30.5 Å². The molecule has 4 aliphatic rings. The minimum Gasteiger partial charge on any atom is -0.507 e. The van der Waals surface area contributed by atoms with Gasteiger partial charge in [-0.2, -0.15) is 0 Å². The zero-order valence-corrected chi connectivity index (χ0v) is 35.3. The number of amides is 4. The fourth-order valence-electron chi connectivity index (χ4n) is 7.81. The zero-order chi connectivity index (χ0) is 43.7. The summed E-state index contributed by atoms with van der Waals surface area (Å²) >= 11 is 0. The number of aryl methyl sites for hydroxylation is 1. The molecule has 0 spiro atoms. The number of nitrogens with zero attached hydrogens (tertiary/aromatic N) is 4. The molecule has 15 heteroatoms. The van der Waals surface area contributed by atoms with Crippen molar-refractivity contribution in [3.63, 3.8) is 0 Å². The molecule has 1 saturated carbocycles. The van der Waals surface area contributed by atoms with Crippen molar-refractivity contribution in [2.24, 2.45) is 5.41 Å². The number of hydrogen-bond donors (Lipinski definition) is 4. The summed E-state index contributed by atoms with van der Waals surface area (Å²) in [5, 5.41) is 24.8. The van der Waals surface area contributed by atoms with Crippen molar-refractivity contribution < 1.29 is 38.6 Å². The van der Waals surface area contributed by atoms with E-state index in [2.05, 4.69) is 20.5 Å². The molecule has 322 valence electrons. The molecule has 1 atom stereocenters. The Morgan fingerprint density at radius 2 is 1.72 bits per heavy atom. The number of ether oxygens (including phenoxy) is 1. The van der Waals surface area contributed by atoms with E-state index in [4.69, 9.17) is 10.1 Å². The number of nitrogens with one attached hydrogen (secondary N) is 3. The van der Waals surface area contributed by atoms with E-state index in [-0.39, 0.29) is 54.7 Å². The highest BCUT2D eigenvalue weighted by Gasteiger charge is 2.51. The molecule has 3 aliphatic carbocycles.